The fraction of sp³-hybridized carbons (Fsp3) is 0.333. The van der Waals surface area contributed by atoms with E-state index in [0.717, 1.165) is 29.8 Å². The summed E-state index contributed by atoms with van der Waals surface area (Å²) in [7, 11) is 1.64. The smallest absolute Gasteiger partial charge is 0.252 e. The third kappa shape index (κ3) is 5.59. The number of nitrogens with one attached hydrogen (secondary N) is 2. The minimum Gasteiger partial charge on any atom is -0.497 e. The lowest BCUT2D eigenvalue weighted by Gasteiger charge is -2.12. The number of ether oxygens (including phenoxy) is 1. The van der Waals surface area contributed by atoms with Crippen molar-refractivity contribution in [3.63, 3.8) is 0 Å². The van der Waals surface area contributed by atoms with Crippen LogP contribution in [0.2, 0.25) is 0 Å². The molecule has 0 aliphatic carbocycles. The number of rotatable bonds is 5. The zero-order valence-corrected chi connectivity index (χ0v) is 15.7. The molecule has 25 heavy (non-hydrogen) atoms. The van der Waals surface area contributed by atoms with Crippen molar-refractivity contribution in [2.75, 3.05) is 20.2 Å². The Hall–Kier alpha value is -1.82. The monoisotopic (exact) mass is 383 g/mol. The van der Waals surface area contributed by atoms with E-state index in [9.17, 15) is 4.79 Å². The maximum atomic E-state index is 12.3. The minimum atomic E-state index is -0.0819. The summed E-state index contributed by atoms with van der Waals surface area (Å²) in [5.41, 5.74) is 2.50. The molecule has 1 aromatic heterocycles. The van der Waals surface area contributed by atoms with Crippen LogP contribution in [0.5, 0.6) is 5.75 Å². The van der Waals surface area contributed by atoms with Crippen molar-refractivity contribution in [3.8, 4) is 16.9 Å². The Labute approximate surface area is 160 Å². The Kier molecular flexibility index (Phi) is 8.69. The highest BCUT2D eigenvalue weighted by Crippen LogP contribution is 2.22. The largest absolute Gasteiger partial charge is 0.497 e. The quantitative estimate of drug-likeness (QED) is 0.832. The Bertz CT molecular complexity index is 674. The van der Waals surface area contributed by atoms with Gasteiger partial charge in [-0.2, -0.15) is 0 Å². The van der Waals surface area contributed by atoms with Gasteiger partial charge in [-0.25, -0.2) is 0 Å². The first-order valence-electron chi connectivity index (χ1n) is 7.87. The van der Waals surface area contributed by atoms with Gasteiger partial charge in [-0.05, 0) is 43.1 Å². The molecule has 1 fully saturated rings. The van der Waals surface area contributed by atoms with Crippen molar-refractivity contribution in [2.45, 2.75) is 18.9 Å². The molecule has 0 radical (unpaired) electrons. The summed E-state index contributed by atoms with van der Waals surface area (Å²) in [5, 5.41) is 6.35. The second kappa shape index (κ2) is 10.2. The molecule has 1 saturated heterocycles. The Morgan fingerprint density at radius 3 is 2.64 bits per heavy atom. The lowest BCUT2D eigenvalue weighted by atomic mass is 10.1. The number of benzene rings is 1. The predicted molar refractivity (Wildman–Crippen MR) is 104 cm³/mol. The topological polar surface area (TPSA) is 63.2 Å². The highest BCUT2D eigenvalue weighted by molar-refractivity contribution is 5.95. The number of carbonyl (C=O) groups excluding carboxylic acids is 1. The van der Waals surface area contributed by atoms with Crippen LogP contribution in [0.4, 0.5) is 0 Å². The molecule has 2 heterocycles. The van der Waals surface area contributed by atoms with Crippen LogP contribution < -0.4 is 15.4 Å². The van der Waals surface area contributed by atoms with Crippen LogP contribution in [0, 0.1) is 0 Å². The van der Waals surface area contributed by atoms with E-state index in [2.05, 4.69) is 15.6 Å². The van der Waals surface area contributed by atoms with Crippen LogP contribution in [0.1, 0.15) is 23.2 Å². The number of methoxy groups -OCH3 is 1. The van der Waals surface area contributed by atoms with Gasteiger partial charge in [0.1, 0.15) is 5.75 Å². The van der Waals surface area contributed by atoms with Crippen LogP contribution in [0.15, 0.2) is 42.7 Å². The molecule has 1 aromatic carbocycles. The molecule has 0 bridgehead atoms. The van der Waals surface area contributed by atoms with Gasteiger partial charge < -0.3 is 15.4 Å². The number of hydrogen-bond acceptors (Lipinski definition) is 4. The molecule has 0 saturated carbocycles. The normalized spacial score (nSPS) is 15.6. The number of halogens is 2. The van der Waals surface area contributed by atoms with Gasteiger partial charge in [-0.3, -0.25) is 9.78 Å². The summed E-state index contributed by atoms with van der Waals surface area (Å²) in [5.74, 6) is 0.723. The van der Waals surface area contributed by atoms with E-state index in [-0.39, 0.29) is 30.7 Å². The first-order chi connectivity index (χ1) is 11.3. The molecular formula is C18H23Cl2N3O2. The third-order valence-electron chi connectivity index (χ3n) is 4.10. The molecular weight excluding hydrogens is 361 g/mol. The molecule has 2 N–H and O–H groups in total. The molecule has 0 spiro atoms. The lowest BCUT2D eigenvalue weighted by molar-refractivity contribution is 0.0950. The zero-order valence-electron chi connectivity index (χ0n) is 14.0. The van der Waals surface area contributed by atoms with E-state index in [1.807, 2.05) is 30.3 Å². The molecule has 1 amide bonds. The first-order valence-corrected chi connectivity index (χ1v) is 7.87. The number of amides is 1. The van der Waals surface area contributed by atoms with Gasteiger partial charge in [0, 0.05) is 30.5 Å². The molecule has 5 nitrogen and oxygen atoms in total. The highest BCUT2D eigenvalue weighted by atomic mass is 35.5. The average molecular weight is 384 g/mol. The standard InChI is InChI=1S/C18H21N3O2.2ClH/c1-23-17-6-4-13(5-7-17)14-9-15(11-19-10-14)18(22)21-12-16-3-2-8-20-16;;/h4-7,9-11,16,20H,2-3,8,12H2,1H3,(H,21,22);2*1H. The molecule has 1 aliphatic heterocycles. The van der Waals surface area contributed by atoms with Crippen LogP contribution >= 0.6 is 24.8 Å². The average Bonchev–Trinajstić information content (AvgIpc) is 3.13. The fourth-order valence-corrected chi connectivity index (χ4v) is 2.75. The predicted octanol–water partition coefficient (Wildman–Crippen LogP) is 3.08. The summed E-state index contributed by atoms with van der Waals surface area (Å²) in [4.78, 5) is 16.5. The van der Waals surface area contributed by atoms with Crippen molar-refractivity contribution < 1.29 is 9.53 Å². The Balaban J connectivity index is 0.00000156. The van der Waals surface area contributed by atoms with Gasteiger partial charge in [0.2, 0.25) is 0 Å². The van der Waals surface area contributed by atoms with E-state index in [0.29, 0.717) is 18.2 Å². The first kappa shape index (κ1) is 21.2. The summed E-state index contributed by atoms with van der Waals surface area (Å²) >= 11 is 0. The second-order valence-corrected chi connectivity index (χ2v) is 5.69. The maximum absolute atomic E-state index is 12.3. The number of pyridine rings is 1. The number of hydrogen-bond donors (Lipinski definition) is 2. The van der Waals surface area contributed by atoms with Gasteiger partial charge in [-0.1, -0.05) is 12.1 Å². The zero-order chi connectivity index (χ0) is 16.1. The van der Waals surface area contributed by atoms with Crippen molar-refractivity contribution in [3.05, 3.63) is 48.3 Å². The van der Waals surface area contributed by atoms with Gasteiger partial charge in [0.25, 0.3) is 5.91 Å². The number of carbonyl (C=O) groups is 1. The maximum Gasteiger partial charge on any atom is 0.252 e. The van der Waals surface area contributed by atoms with Gasteiger partial charge in [0.15, 0.2) is 0 Å². The Morgan fingerprint density at radius 1 is 1.24 bits per heavy atom. The molecule has 1 unspecified atom stereocenters. The molecule has 7 heteroatoms. The van der Waals surface area contributed by atoms with Crippen LogP contribution in [0.25, 0.3) is 11.1 Å². The van der Waals surface area contributed by atoms with E-state index in [4.69, 9.17) is 4.74 Å². The van der Waals surface area contributed by atoms with Crippen molar-refractivity contribution in [2.24, 2.45) is 0 Å². The van der Waals surface area contributed by atoms with E-state index < -0.39 is 0 Å². The van der Waals surface area contributed by atoms with Crippen LogP contribution in [0.3, 0.4) is 0 Å². The van der Waals surface area contributed by atoms with Gasteiger partial charge in [-0.15, -0.1) is 24.8 Å². The highest BCUT2D eigenvalue weighted by Gasteiger charge is 2.15. The molecule has 1 atom stereocenters. The van der Waals surface area contributed by atoms with E-state index in [1.54, 1.807) is 19.5 Å². The minimum absolute atomic E-state index is 0. The van der Waals surface area contributed by atoms with Crippen molar-refractivity contribution >= 4 is 30.7 Å². The summed E-state index contributed by atoms with van der Waals surface area (Å²) in [6.07, 6.45) is 5.65. The van der Waals surface area contributed by atoms with Crippen LogP contribution in [-0.4, -0.2) is 37.1 Å². The van der Waals surface area contributed by atoms with Crippen LogP contribution in [-0.2, 0) is 0 Å². The molecule has 136 valence electrons. The summed E-state index contributed by atoms with van der Waals surface area (Å²) < 4.78 is 5.16. The van der Waals surface area contributed by atoms with Gasteiger partial charge >= 0.3 is 0 Å². The van der Waals surface area contributed by atoms with Crippen molar-refractivity contribution in [1.29, 1.82) is 0 Å². The summed E-state index contributed by atoms with van der Waals surface area (Å²) in [6.45, 7) is 1.70. The molecule has 2 aromatic rings. The number of aromatic nitrogens is 1. The Morgan fingerprint density at radius 2 is 2.00 bits per heavy atom. The second-order valence-electron chi connectivity index (χ2n) is 5.69. The third-order valence-corrected chi connectivity index (χ3v) is 4.10. The van der Waals surface area contributed by atoms with E-state index >= 15 is 0 Å². The molecule has 3 rings (SSSR count). The fourth-order valence-electron chi connectivity index (χ4n) is 2.75. The molecule has 1 aliphatic rings. The SMILES string of the molecule is COc1ccc(-c2cncc(C(=O)NCC3CCCN3)c2)cc1.Cl.Cl. The van der Waals surface area contributed by atoms with Crippen molar-refractivity contribution in [1.82, 2.24) is 15.6 Å². The van der Waals surface area contributed by atoms with Gasteiger partial charge in [0.05, 0.1) is 12.7 Å². The summed E-state index contributed by atoms with van der Waals surface area (Å²) in [6, 6.07) is 9.96. The van der Waals surface area contributed by atoms with E-state index in [1.165, 1.54) is 6.42 Å². The lowest BCUT2D eigenvalue weighted by Crippen LogP contribution is -2.37. The number of nitrogens with zero attached hydrogens (tertiary/aromatic N) is 1.